The zero-order valence-corrected chi connectivity index (χ0v) is 19.6. The average molecular weight is 453 g/mol. The normalized spacial score (nSPS) is 16.0. The molecule has 2 heterocycles. The van der Waals surface area contributed by atoms with Crippen molar-refractivity contribution < 1.29 is 14.3 Å². The molecule has 3 aromatic rings. The van der Waals surface area contributed by atoms with Crippen LogP contribution in [0.5, 0.6) is 5.75 Å². The highest BCUT2D eigenvalue weighted by Crippen LogP contribution is 2.31. The van der Waals surface area contributed by atoms with Crippen LogP contribution in [0.2, 0.25) is 0 Å². The molecule has 1 saturated heterocycles. The zero-order chi connectivity index (χ0) is 22.7. The summed E-state index contributed by atoms with van der Waals surface area (Å²) in [5.74, 6) is 2.17. The third kappa shape index (κ3) is 4.91. The van der Waals surface area contributed by atoms with Gasteiger partial charge in [-0.2, -0.15) is 0 Å². The standard InChI is InChI=1S/C24H28N4O3S/c1-5-30-19-12-10-18(11-13-19)28-21(16-6-8-17(9-7-16)24(2,3)4)26-27-22(28)32-15-20-14-25-23(29)31-20/h6-13,20H,5,14-15H2,1-4H3,(H,25,29)/t20-/m1/s1. The Morgan fingerprint density at radius 1 is 1.12 bits per heavy atom. The number of rotatable bonds is 7. The molecule has 0 aliphatic carbocycles. The number of alkyl carbamates (subject to hydrolysis) is 1. The van der Waals surface area contributed by atoms with Gasteiger partial charge in [-0.3, -0.25) is 4.57 Å². The van der Waals surface area contributed by atoms with Crippen molar-refractivity contribution in [1.29, 1.82) is 0 Å². The number of hydrogen-bond acceptors (Lipinski definition) is 6. The number of aromatic nitrogens is 3. The Balaban J connectivity index is 1.67. The molecule has 1 fully saturated rings. The predicted molar refractivity (Wildman–Crippen MR) is 126 cm³/mol. The number of thioether (sulfide) groups is 1. The van der Waals surface area contributed by atoms with E-state index in [1.165, 1.54) is 17.3 Å². The molecule has 0 unspecified atom stereocenters. The van der Waals surface area contributed by atoms with E-state index in [2.05, 4.69) is 60.6 Å². The monoisotopic (exact) mass is 452 g/mol. The van der Waals surface area contributed by atoms with E-state index in [1.54, 1.807) is 0 Å². The first-order chi connectivity index (χ1) is 15.3. The molecule has 1 amide bonds. The van der Waals surface area contributed by atoms with Gasteiger partial charge in [0.05, 0.1) is 13.2 Å². The second-order valence-corrected chi connectivity index (χ2v) is 9.60. The Bertz CT molecular complexity index is 1070. The number of carbonyl (C=O) groups excluding carboxylic acids is 1. The lowest BCUT2D eigenvalue weighted by atomic mass is 9.87. The molecule has 32 heavy (non-hydrogen) atoms. The lowest BCUT2D eigenvalue weighted by molar-refractivity contribution is 0.150. The van der Waals surface area contributed by atoms with Gasteiger partial charge in [0.2, 0.25) is 0 Å². The average Bonchev–Trinajstić information content (AvgIpc) is 3.38. The summed E-state index contributed by atoms with van der Waals surface area (Å²) >= 11 is 1.52. The molecule has 168 valence electrons. The largest absolute Gasteiger partial charge is 0.494 e. The summed E-state index contributed by atoms with van der Waals surface area (Å²) < 4.78 is 12.9. The molecule has 8 heteroatoms. The number of amides is 1. The van der Waals surface area contributed by atoms with Crippen molar-refractivity contribution in [2.75, 3.05) is 18.9 Å². The van der Waals surface area contributed by atoms with Crippen LogP contribution < -0.4 is 10.1 Å². The van der Waals surface area contributed by atoms with Crippen molar-refractivity contribution in [2.24, 2.45) is 0 Å². The van der Waals surface area contributed by atoms with Crippen LogP contribution in [0, 0.1) is 0 Å². The number of ether oxygens (including phenoxy) is 2. The lowest BCUT2D eigenvalue weighted by Gasteiger charge is -2.19. The summed E-state index contributed by atoms with van der Waals surface area (Å²) in [6.45, 7) is 9.68. The highest BCUT2D eigenvalue weighted by molar-refractivity contribution is 7.99. The maximum atomic E-state index is 11.3. The molecular formula is C24H28N4O3S. The Morgan fingerprint density at radius 3 is 2.44 bits per heavy atom. The van der Waals surface area contributed by atoms with E-state index < -0.39 is 0 Å². The van der Waals surface area contributed by atoms with Crippen LogP contribution in [-0.2, 0) is 10.2 Å². The Morgan fingerprint density at radius 2 is 1.84 bits per heavy atom. The van der Waals surface area contributed by atoms with E-state index in [-0.39, 0.29) is 17.6 Å². The van der Waals surface area contributed by atoms with Crippen molar-refractivity contribution in [1.82, 2.24) is 20.1 Å². The van der Waals surface area contributed by atoms with Gasteiger partial charge in [-0.25, -0.2) is 4.79 Å². The molecule has 7 nitrogen and oxygen atoms in total. The third-order valence-corrected chi connectivity index (χ3v) is 6.26. The van der Waals surface area contributed by atoms with E-state index in [0.717, 1.165) is 28.0 Å². The van der Waals surface area contributed by atoms with Crippen molar-refractivity contribution >= 4 is 17.9 Å². The van der Waals surface area contributed by atoms with E-state index in [4.69, 9.17) is 9.47 Å². The summed E-state index contributed by atoms with van der Waals surface area (Å²) in [4.78, 5) is 11.3. The number of benzene rings is 2. The molecule has 0 saturated carbocycles. The molecule has 4 rings (SSSR count). The number of nitrogens with one attached hydrogen (secondary N) is 1. The fourth-order valence-corrected chi connectivity index (χ4v) is 4.39. The van der Waals surface area contributed by atoms with Gasteiger partial charge >= 0.3 is 6.09 Å². The quantitative estimate of drug-likeness (QED) is 0.517. The number of cyclic esters (lactones) is 1. The molecule has 1 N–H and O–H groups in total. The van der Waals surface area contributed by atoms with Crippen LogP contribution in [0.3, 0.4) is 0 Å². The van der Waals surface area contributed by atoms with E-state index in [0.29, 0.717) is 18.9 Å². The van der Waals surface area contributed by atoms with Crippen molar-refractivity contribution in [3.8, 4) is 22.8 Å². The van der Waals surface area contributed by atoms with Gasteiger partial charge in [0.1, 0.15) is 11.9 Å². The third-order valence-electron chi connectivity index (χ3n) is 5.19. The number of nitrogens with zero attached hydrogens (tertiary/aromatic N) is 3. The highest BCUT2D eigenvalue weighted by atomic mass is 32.2. The van der Waals surface area contributed by atoms with Crippen LogP contribution in [0.4, 0.5) is 4.79 Å². The van der Waals surface area contributed by atoms with E-state index in [1.807, 2.05) is 35.8 Å². The topological polar surface area (TPSA) is 78.3 Å². The second kappa shape index (κ2) is 9.24. The second-order valence-electron chi connectivity index (χ2n) is 8.62. The van der Waals surface area contributed by atoms with Crippen LogP contribution in [0.15, 0.2) is 53.7 Å². The van der Waals surface area contributed by atoms with Gasteiger partial charge in [0, 0.05) is 17.0 Å². The minimum absolute atomic E-state index is 0.0784. The first-order valence-electron chi connectivity index (χ1n) is 10.7. The Kier molecular flexibility index (Phi) is 6.41. The molecule has 1 aliphatic rings. The Hall–Kier alpha value is -3.00. The lowest BCUT2D eigenvalue weighted by Crippen LogP contribution is -2.17. The molecule has 1 aromatic heterocycles. The van der Waals surface area contributed by atoms with Gasteiger partial charge in [-0.1, -0.05) is 56.8 Å². The summed E-state index contributed by atoms with van der Waals surface area (Å²) in [6.07, 6.45) is -0.560. The first kappa shape index (κ1) is 22.2. The maximum absolute atomic E-state index is 11.3. The predicted octanol–water partition coefficient (Wildman–Crippen LogP) is 4.83. The SMILES string of the molecule is CCOc1ccc(-n2c(SC[C@H]3CNC(=O)O3)nnc2-c2ccc(C(C)(C)C)cc2)cc1. The fourth-order valence-electron chi connectivity index (χ4n) is 3.45. The summed E-state index contributed by atoms with van der Waals surface area (Å²) in [5.41, 5.74) is 3.27. The van der Waals surface area contributed by atoms with Gasteiger partial charge < -0.3 is 14.8 Å². The molecule has 2 aromatic carbocycles. The molecule has 0 bridgehead atoms. The van der Waals surface area contributed by atoms with Crippen LogP contribution in [0.1, 0.15) is 33.3 Å². The molecular weight excluding hydrogens is 424 g/mol. The zero-order valence-electron chi connectivity index (χ0n) is 18.8. The summed E-state index contributed by atoms with van der Waals surface area (Å²) in [5, 5.41) is 12.4. The minimum Gasteiger partial charge on any atom is -0.494 e. The van der Waals surface area contributed by atoms with Gasteiger partial charge in [0.15, 0.2) is 11.0 Å². The van der Waals surface area contributed by atoms with Crippen LogP contribution in [-0.4, -0.2) is 45.9 Å². The van der Waals surface area contributed by atoms with Crippen molar-refractivity contribution in [3.63, 3.8) is 0 Å². The Labute approximate surface area is 192 Å². The van der Waals surface area contributed by atoms with Crippen LogP contribution in [0.25, 0.3) is 17.1 Å². The summed E-state index contributed by atoms with van der Waals surface area (Å²) in [7, 11) is 0. The minimum atomic E-state index is -0.372. The number of hydrogen-bond donors (Lipinski definition) is 1. The fraction of sp³-hybridized carbons (Fsp3) is 0.375. The van der Waals surface area contributed by atoms with Gasteiger partial charge in [0.25, 0.3) is 0 Å². The maximum Gasteiger partial charge on any atom is 0.407 e. The highest BCUT2D eigenvalue weighted by Gasteiger charge is 2.25. The first-order valence-corrected chi connectivity index (χ1v) is 11.7. The summed E-state index contributed by atoms with van der Waals surface area (Å²) in [6, 6.07) is 16.4. The number of carbonyl (C=O) groups is 1. The smallest absolute Gasteiger partial charge is 0.407 e. The molecule has 0 spiro atoms. The molecule has 1 atom stereocenters. The van der Waals surface area contributed by atoms with Crippen molar-refractivity contribution in [3.05, 3.63) is 54.1 Å². The van der Waals surface area contributed by atoms with E-state index >= 15 is 0 Å². The van der Waals surface area contributed by atoms with Crippen LogP contribution >= 0.6 is 11.8 Å². The van der Waals surface area contributed by atoms with Gasteiger partial charge in [-0.15, -0.1) is 10.2 Å². The molecule has 0 radical (unpaired) electrons. The van der Waals surface area contributed by atoms with E-state index in [9.17, 15) is 4.79 Å². The molecule has 1 aliphatic heterocycles. The van der Waals surface area contributed by atoms with Gasteiger partial charge in [-0.05, 0) is 42.2 Å². The van der Waals surface area contributed by atoms with Crippen molar-refractivity contribution in [2.45, 2.75) is 44.4 Å².